The number of carbonyl (C=O) groups excluding carboxylic acids is 2. The van der Waals surface area contributed by atoms with Gasteiger partial charge < -0.3 is 19.4 Å². The highest BCUT2D eigenvalue weighted by molar-refractivity contribution is 9.10. The van der Waals surface area contributed by atoms with Gasteiger partial charge in [-0.3, -0.25) is 9.59 Å². The van der Waals surface area contributed by atoms with Crippen molar-refractivity contribution >= 4 is 39.1 Å². The van der Waals surface area contributed by atoms with Crippen molar-refractivity contribution < 1.29 is 18.7 Å². The molecule has 1 aromatic carbocycles. The first-order chi connectivity index (χ1) is 13.2. The third-order valence-corrected chi connectivity index (χ3v) is 5.07. The second-order valence-corrected chi connectivity index (χ2v) is 8.83. The summed E-state index contributed by atoms with van der Waals surface area (Å²) in [5.74, 6) is 0.963. The number of fused-ring (bicyclic) bond motifs is 1. The van der Waals surface area contributed by atoms with Crippen LogP contribution < -0.4 is 15.0 Å². The van der Waals surface area contributed by atoms with E-state index in [1.165, 1.54) is 0 Å². The summed E-state index contributed by atoms with van der Waals surface area (Å²) in [5.41, 5.74) is 0.682. The first-order valence-corrected chi connectivity index (χ1v) is 10.1. The summed E-state index contributed by atoms with van der Waals surface area (Å²) in [6.07, 6.45) is 0.896. The molecule has 0 saturated heterocycles. The summed E-state index contributed by atoms with van der Waals surface area (Å²) in [7, 11) is 0. The van der Waals surface area contributed by atoms with E-state index in [9.17, 15) is 9.59 Å². The van der Waals surface area contributed by atoms with Gasteiger partial charge in [-0.15, -0.1) is 0 Å². The average molecular weight is 449 g/mol. The molecule has 2 amide bonds. The van der Waals surface area contributed by atoms with E-state index in [0.717, 1.165) is 12.1 Å². The number of hydrogen-bond donors (Lipinski definition) is 1. The highest BCUT2D eigenvalue weighted by Crippen LogP contribution is 2.38. The van der Waals surface area contributed by atoms with Crippen LogP contribution in [0.15, 0.2) is 39.4 Å². The lowest BCUT2D eigenvalue weighted by atomic mass is 9.92. The van der Waals surface area contributed by atoms with Gasteiger partial charge in [0.25, 0.3) is 5.91 Å². The average Bonchev–Trinajstić information content (AvgIpc) is 3.04. The fourth-order valence-electron chi connectivity index (χ4n) is 2.96. The highest BCUT2D eigenvalue weighted by atomic mass is 79.9. The van der Waals surface area contributed by atoms with Crippen LogP contribution in [0, 0.1) is 11.3 Å². The number of carbonyl (C=O) groups is 2. The quantitative estimate of drug-likeness (QED) is 0.690. The number of benzene rings is 1. The Labute approximate surface area is 173 Å². The predicted octanol–water partition coefficient (Wildman–Crippen LogP) is 5.09. The van der Waals surface area contributed by atoms with Gasteiger partial charge >= 0.3 is 0 Å². The van der Waals surface area contributed by atoms with Crippen molar-refractivity contribution in [2.24, 2.45) is 11.3 Å². The summed E-state index contributed by atoms with van der Waals surface area (Å²) < 4.78 is 11.7. The van der Waals surface area contributed by atoms with Gasteiger partial charge in [0, 0.05) is 18.3 Å². The summed E-state index contributed by atoms with van der Waals surface area (Å²) in [6, 6.07) is 8.60. The topological polar surface area (TPSA) is 71.8 Å². The largest absolute Gasteiger partial charge is 0.490 e. The molecule has 1 N–H and O–H groups in total. The van der Waals surface area contributed by atoms with Crippen molar-refractivity contribution in [1.82, 2.24) is 0 Å². The smallest absolute Gasteiger partial charge is 0.291 e. The normalized spacial score (nSPS) is 15.8. The van der Waals surface area contributed by atoms with Crippen molar-refractivity contribution in [3.8, 4) is 5.75 Å². The SMILES string of the molecule is CC(C)CCN1C(=O)C(C)(C)COc2cc(NC(=O)c3ccc(Br)o3)ccc21. The van der Waals surface area contributed by atoms with Crippen LogP contribution in [-0.4, -0.2) is 25.0 Å². The second-order valence-electron chi connectivity index (χ2n) is 8.05. The Morgan fingerprint density at radius 1 is 1.29 bits per heavy atom. The molecule has 1 aliphatic rings. The summed E-state index contributed by atoms with van der Waals surface area (Å²) in [5, 5.41) is 2.80. The van der Waals surface area contributed by atoms with Crippen LogP contribution in [-0.2, 0) is 4.79 Å². The lowest BCUT2D eigenvalue weighted by molar-refractivity contribution is -0.127. The molecule has 28 heavy (non-hydrogen) atoms. The Hall–Kier alpha value is -2.28. The van der Waals surface area contributed by atoms with E-state index in [4.69, 9.17) is 9.15 Å². The Morgan fingerprint density at radius 3 is 2.68 bits per heavy atom. The molecule has 1 aromatic heterocycles. The molecule has 0 saturated carbocycles. The van der Waals surface area contributed by atoms with Gasteiger partial charge in [-0.1, -0.05) is 13.8 Å². The zero-order valence-corrected chi connectivity index (χ0v) is 18.1. The Morgan fingerprint density at radius 2 is 2.04 bits per heavy atom. The molecule has 6 nitrogen and oxygen atoms in total. The van der Waals surface area contributed by atoms with Gasteiger partial charge in [0.1, 0.15) is 12.4 Å². The van der Waals surface area contributed by atoms with Crippen LogP contribution in [0.4, 0.5) is 11.4 Å². The number of amides is 2. The van der Waals surface area contributed by atoms with Crippen LogP contribution >= 0.6 is 15.9 Å². The van der Waals surface area contributed by atoms with Crippen LogP contribution in [0.5, 0.6) is 5.75 Å². The molecule has 0 fully saturated rings. The molecule has 0 spiro atoms. The van der Waals surface area contributed by atoms with Crippen LogP contribution in [0.3, 0.4) is 0 Å². The number of nitrogens with one attached hydrogen (secondary N) is 1. The maximum Gasteiger partial charge on any atom is 0.291 e. The Bertz CT molecular complexity index is 888. The number of nitrogens with zero attached hydrogens (tertiary/aromatic N) is 1. The van der Waals surface area contributed by atoms with Crippen LogP contribution in [0.2, 0.25) is 0 Å². The molecular weight excluding hydrogens is 424 g/mol. The first-order valence-electron chi connectivity index (χ1n) is 9.33. The number of furan rings is 1. The monoisotopic (exact) mass is 448 g/mol. The molecule has 0 unspecified atom stereocenters. The van der Waals surface area contributed by atoms with E-state index in [-0.39, 0.29) is 24.2 Å². The van der Waals surface area contributed by atoms with Crippen LogP contribution in [0.1, 0.15) is 44.7 Å². The molecule has 1 aliphatic heterocycles. The number of rotatable bonds is 5. The van der Waals surface area contributed by atoms with E-state index in [0.29, 0.717) is 28.6 Å². The molecule has 0 atom stereocenters. The Balaban J connectivity index is 1.87. The summed E-state index contributed by atoms with van der Waals surface area (Å²) in [4.78, 5) is 27.2. The fraction of sp³-hybridized carbons (Fsp3) is 0.429. The van der Waals surface area contributed by atoms with Crippen molar-refractivity contribution in [2.45, 2.75) is 34.1 Å². The first kappa shape index (κ1) is 20.5. The molecule has 3 rings (SSSR count). The minimum atomic E-state index is -0.625. The predicted molar refractivity (Wildman–Crippen MR) is 112 cm³/mol. The third kappa shape index (κ3) is 4.41. The molecule has 0 radical (unpaired) electrons. The minimum absolute atomic E-state index is 0.0455. The van der Waals surface area contributed by atoms with E-state index < -0.39 is 5.41 Å². The summed E-state index contributed by atoms with van der Waals surface area (Å²) in [6.45, 7) is 8.96. The van der Waals surface area contributed by atoms with Gasteiger partial charge in [0.05, 0.1) is 11.1 Å². The highest BCUT2D eigenvalue weighted by Gasteiger charge is 2.37. The van der Waals surface area contributed by atoms with Gasteiger partial charge in [-0.2, -0.15) is 0 Å². The molecule has 0 bridgehead atoms. The number of anilines is 2. The number of halogens is 1. The maximum atomic E-state index is 13.1. The fourth-order valence-corrected chi connectivity index (χ4v) is 3.27. The number of ether oxygens (including phenoxy) is 1. The van der Waals surface area contributed by atoms with E-state index >= 15 is 0 Å². The van der Waals surface area contributed by atoms with Crippen molar-refractivity contribution in [1.29, 1.82) is 0 Å². The standard InChI is InChI=1S/C21H25BrN2O4/c1-13(2)9-10-24-15-6-5-14(23-19(25)16-7-8-18(22)28-16)11-17(15)27-12-21(3,4)20(24)26/h5-8,11,13H,9-10,12H2,1-4H3,(H,23,25). The van der Waals surface area contributed by atoms with E-state index in [2.05, 4.69) is 35.1 Å². The lowest BCUT2D eigenvalue weighted by Crippen LogP contribution is -2.42. The van der Waals surface area contributed by atoms with Crippen molar-refractivity contribution in [3.63, 3.8) is 0 Å². The van der Waals surface area contributed by atoms with Crippen molar-refractivity contribution in [2.75, 3.05) is 23.4 Å². The maximum absolute atomic E-state index is 13.1. The molecule has 2 aromatic rings. The minimum Gasteiger partial charge on any atom is -0.490 e. The van der Waals surface area contributed by atoms with Gasteiger partial charge in [0.2, 0.25) is 5.91 Å². The molecule has 2 heterocycles. The second kappa shape index (κ2) is 7.99. The van der Waals surface area contributed by atoms with Crippen molar-refractivity contribution in [3.05, 3.63) is 40.8 Å². The summed E-state index contributed by atoms with van der Waals surface area (Å²) >= 11 is 3.19. The van der Waals surface area contributed by atoms with E-state index in [1.807, 2.05) is 19.9 Å². The lowest BCUT2D eigenvalue weighted by Gasteiger charge is -2.28. The van der Waals surface area contributed by atoms with Gasteiger partial charge in [-0.25, -0.2) is 0 Å². The molecule has 0 aliphatic carbocycles. The van der Waals surface area contributed by atoms with Gasteiger partial charge in [-0.05, 0) is 66.4 Å². The van der Waals surface area contributed by atoms with E-state index in [1.54, 1.807) is 29.2 Å². The number of hydrogen-bond acceptors (Lipinski definition) is 4. The van der Waals surface area contributed by atoms with Crippen LogP contribution in [0.25, 0.3) is 0 Å². The third-order valence-electron chi connectivity index (χ3n) is 4.65. The Kier molecular flexibility index (Phi) is 5.84. The molecule has 7 heteroatoms. The molecular formula is C21H25BrN2O4. The van der Waals surface area contributed by atoms with Gasteiger partial charge in [0.15, 0.2) is 10.4 Å². The zero-order chi connectivity index (χ0) is 20.5. The molecule has 150 valence electrons. The zero-order valence-electron chi connectivity index (χ0n) is 16.5.